The first-order valence-electron chi connectivity index (χ1n) is 6.49. The van der Waals surface area contributed by atoms with E-state index >= 15 is 0 Å². The van der Waals surface area contributed by atoms with Crippen molar-refractivity contribution >= 4 is 5.82 Å². The van der Waals surface area contributed by atoms with Crippen molar-refractivity contribution in [1.82, 2.24) is 9.97 Å². The van der Waals surface area contributed by atoms with E-state index in [1.807, 2.05) is 0 Å². The number of anilines is 1. The van der Waals surface area contributed by atoms with Gasteiger partial charge in [-0.15, -0.1) is 0 Å². The van der Waals surface area contributed by atoms with Crippen LogP contribution < -0.4 is 10.6 Å². The molecule has 0 amide bonds. The number of hydrogen-bond donors (Lipinski definition) is 1. The summed E-state index contributed by atoms with van der Waals surface area (Å²) in [6.45, 7) is 7.20. The molecule has 1 aliphatic rings. The molecule has 1 aliphatic heterocycles. The predicted molar refractivity (Wildman–Crippen MR) is 69.8 cm³/mol. The van der Waals surface area contributed by atoms with E-state index in [2.05, 4.69) is 28.7 Å². The summed E-state index contributed by atoms with van der Waals surface area (Å²) in [6, 6.07) is 0. The predicted octanol–water partition coefficient (Wildman–Crippen LogP) is 1.95. The van der Waals surface area contributed by atoms with Crippen LogP contribution in [0.25, 0.3) is 0 Å². The van der Waals surface area contributed by atoms with Crippen LogP contribution in [0.2, 0.25) is 0 Å². The summed E-state index contributed by atoms with van der Waals surface area (Å²) < 4.78 is 0. The second-order valence-electron chi connectivity index (χ2n) is 4.91. The van der Waals surface area contributed by atoms with Gasteiger partial charge in [0.25, 0.3) is 0 Å². The zero-order valence-corrected chi connectivity index (χ0v) is 10.8. The van der Waals surface area contributed by atoms with Gasteiger partial charge in [0.15, 0.2) is 5.82 Å². The molecule has 2 N–H and O–H groups in total. The first-order valence-corrected chi connectivity index (χ1v) is 6.49. The highest BCUT2D eigenvalue weighted by Gasteiger charge is 2.36. The van der Waals surface area contributed by atoms with Crippen LogP contribution in [0, 0.1) is 5.41 Å². The summed E-state index contributed by atoms with van der Waals surface area (Å²) in [5.41, 5.74) is 7.10. The lowest BCUT2D eigenvalue weighted by Crippen LogP contribution is -2.28. The van der Waals surface area contributed by atoms with Crippen molar-refractivity contribution in [3.05, 3.63) is 18.1 Å². The third kappa shape index (κ3) is 2.27. The molecule has 4 nitrogen and oxygen atoms in total. The summed E-state index contributed by atoms with van der Waals surface area (Å²) in [6.07, 6.45) is 7.19. The van der Waals surface area contributed by atoms with Gasteiger partial charge < -0.3 is 10.6 Å². The van der Waals surface area contributed by atoms with Crippen molar-refractivity contribution in [2.24, 2.45) is 11.1 Å². The van der Waals surface area contributed by atoms with Crippen LogP contribution in [0.4, 0.5) is 5.82 Å². The van der Waals surface area contributed by atoms with Crippen molar-refractivity contribution in [3.63, 3.8) is 0 Å². The molecule has 94 valence electrons. The number of nitrogens with zero attached hydrogens (tertiary/aromatic N) is 3. The fraction of sp³-hybridized carbons (Fsp3) is 0.692. The van der Waals surface area contributed by atoms with E-state index < -0.39 is 0 Å². The molecule has 0 atom stereocenters. The van der Waals surface area contributed by atoms with E-state index in [9.17, 15) is 0 Å². The third-order valence-electron chi connectivity index (χ3n) is 4.18. The average molecular weight is 234 g/mol. The highest BCUT2D eigenvalue weighted by atomic mass is 15.2. The van der Waals surface area contributed by atoms with E-state index in [-0.39, 0.29) is 0 Å². The van der Waals surface area contributed by atoms with Crippen LogP contribution in [0.3, 0.4) is 0 Å². The topological polar surface area (TPSA) is 55.0 Å². The highest BCUT2D eigenvalue weighted by molar-refractivity contribution is 5.44. The van der Waals surface area contributed by atoms with Gasteiger partial charge in [-0.05, 0) is 24.7 Å². The maximum Gasteiger partial charge on any atom is 0.151 e. The summed E-state index contributed by atoms with van der Waals surface area (Å²) in [5.74, 6) is 0.985. The molecule has 0 radical (unpaired) electrons. The first-order chi connectivity index (χ1) is 8.24. The zero-order valence-electron chi connectivity index (χ0n) is 10.8. The molecule has 0 aliphatic carbocycles. The van der Waals surface area contributed by atoms with E-state index in [4.69, 9.17) is 5.73 Å². The third-order valence-corrected chi connectivity index (χ3v) is 4.18. The van der Waals surface area contributed by atoms with Crippen molar-refractivity contribution in [2.75, 3.05) is 18.0 Å². The van der Waals surface area contributed by atoms with Crippen LogP contribution in [0.15, 0.2) is 12.4 Å². The Morgan fingerprint density at radius 1 is 1.29 bits per heavy atom. The lowest BCUT2D eigenvalue weighted by molar-refractivity contribution is 0.301. The standard InChI is InChI=1S/C13H22N4/c1-3-13(4-2)5-8-17(10-13)12-11(9-14)15-6-7-16-12/h6-7H,3-5,8-10,14H2,1-2H3. The molecule has 4 heteroatoms. The fourth-order valence-electron chi connectivity index (χ4n) is 2.71. The van der Waals surface area contributed by atoms with Gasteiger partial charge in [-0.25, -0.2) is 4.98 Å². The van der Waals surface area contributed by atoms with Gasteiger partial charge in [-0.3, -0.25) is 4.98 Å². The van der Waals surface area contributed by atoms with Crippen molar-refractivity contribution in [1.29, 1.82) is 0 Å². The first kappa shape index (κ1) is 12.3. The maximum absolute atomic E-state index is 5.72. The number of nitrogens with two attached hydrogens (primary N) is 1. The highest BCUT2D eigenvalue weighted by Crippen LogP contribution is 2.38. The molecule has 1 aromatic rings. The van der Waals surface area contributed by atoms with Crippen LogP contribution in [-0.4, -0.2) is 23.1 Å². The Hall–Kier alpha value is -1.16. The van der Waals surface area contributed by atoms with Gasteiger partial charge in [0.2, 0.25) is 0 Å². The zero-order chi connectivity index (χ0) is 12.3. The minimum absolute atomic E-state index is 0.462. The quantitative estimate of drug-likeness (QED) is 0.865. The lowest BCUT2D eigenvalue weighted by atomic mass is 9.82. The van der Waals surface area contributed by atoms with Gasteiger partial charge in [0.1, 0.15) is 0 Å². The van der Waals surface area contributed by atoms with Crippen LogP contribution in [-0.2, 0) is 6.54 Å². The number of rotatable bonds is 4. The Bertz CT molecular complexity index is 373. The maximum atomic E-state index is 5.72. The molecule has 1 aromatic heterocycles. The minimum Gasteiger partial charge on any atom is -0.354 e. The van der Waals surface area contributed by atoms with Crippen LogP contribution >= 0.6 is 0 Å². The van der Waals surface area contributed by atoms with E-state index in [1.165, 1.54) is 19.3 Å². The molecular weight excluding hydrogens is 212 g/mol. The Labute approximate surface area is 103 Å². The van der Waals surface area contributed by atoms with Crippen LogP contribution in [0.5, 0.6) is 0 Å². The summed E-state index contributed by atoms with van der Waals surface area (Å²) >= 11 is 0. The molecule has 1 saturated heterocycles. The number of aromatic nitrogens is 2. The summed E-state index contributed by atoms with van der Waals surface area (Å²) in [5, 5.41) is 0. The molecule has 0 spiro atoms. The Kier molecular flexibility index (Phi) is 3.62. The van der Waals surface area contributed by atoms with Crippen molar-refractivity contribution in [2.45, 2.75) is 39.7 Å². The largest absolute Gasteiger partial charge is 0.354 e. The Morgan fingerprint density at radius 2 is 2.00 bits per heavy atom. The molecule has 0 aromatic carbocycles. The summed E-state index contributed by atoms with van der Waals surface area (Å²) in [4.78, 5) is 11.1. The molecule has 2 rings (SSSR count). The van der Waals surface area contributed by atoms with Gasteiger partial charge in [-0.2, -0.15) is 0 Å². The van der Waals surface area contributed by atoms with Gasteiger partial charge >= 0.3 is 0 Å². The smallest absolute Gasteiger partial charge is 0.151 e. The lowest BCUT2D eigenvalue weighted by Gasteiger charge is -2.27. The van der Waals surface area contributed by atoms with E-state index in [0.717, 1.165) is 24.6 Å². The molecule has 0 bridgehead atoms. The van der Waals surface area contributed by atoms with Gasteiger partial charge in [0, 0.05) is 32.0 Å². The van der Waals surface area contributed by atoms with E-state index in [1.54, 1.807) is 12.4 Å². The fourth-order valence-corrected chi connectivity index (χ4v) is 2.71. The second-order valence-corrected chi connectivity index (χ2v) is 4.91. The summed E-state index contributed by atoms with van der Waals surface area (Å²) in [7, 11) is 0. The Morgan fingerprint density at radius 3 is 2.59 bits per heavy atom. The van der Waals surface area contributed by atoms with E-state index in [0.29, 0.717) is 12.0 Å². The average Bonchev–Trinajstić information content (AvgIpc) is 2.83. The second kappa shape index (κ2) is 5.00. The molecule has 0 unspecified atom stereocenters. The Balaban J connectivity index is 2.20. The molecule has 2 heterocycles. The number of hydrogen-bond acceptors (Lipinski definition) is 4. The molecule has 0 saturated carbocycles. The van der Waals surface area contributed by atoms with Crippen molar-refractivity contribution in [3.8, 4) is 0 Å². The molecular formula is C13H22N4. The van der Waals surface area contributed by atoms with Crippen LogP contribution in [0.1, 0.15) is 38.8 Å². The van der Waals surface area contributed by atoms with Gasteiger partial charge in [0.05, 0.1) is 5.69 Å². The molecule has 1 fully saturated rings. The van der Waals surface area contributed by atoms with Crippen molar-refractivity contribution < 1.29 is 0 Å². The monoisotopic (exact) mass is 234 g/mol. The minimum atomic E-state index is 0.462. The SMILES string of the molecule is CCC1(CC)CCN(c2nccnc2CN)C1. The molecule has 17 heavy (non-hydrogen) atoms. The normalized spacial score (nSPS) is 18.6. The van der Waals surface area contributed by atoms with Gasteiger partial charge in [-0.1, -0.05) is 13.8 Å².